The van der Waals surface area contributed by atoms with Crippen LogP contribution >= 0.6 is 0 Å². The summed E-state index contributed by atoms with van der Waals surface area (Å²) in [5.74, 6) is 1.86. The minimum Gasteiger partial charge on any atom is -0.385 e. The summed E-state index contributed by atoms with van der Waals surface area (Å²) in [6.45, 7) is 7.12. The van der Waals surface area contributed by atoms with Gasteiger partial charge < -0.3 is 10.1 Å². The van der Waals surface area contributed by atoms with Crippen LogP contribution in [0.15, 0.2) is 0 Å². The van der Waals surface area contributed by atoms with E-state index in [-0.39, 0.29) is 0 Å². The number of unbranched alkanes of at least 4 members (excludes halogenated alkanes) is 1. The Morgan fingerprint density at radius 3 is 2.58 bits per heavy atom. The molecule has 0 bridgehead atoms. The largest absolute Gasteiger partial charge is 0.385 e. The molecule has 1 N–H and O–H groups in total. The lowest BCUT2D eigenvalue weighted by Crippen LogP contribution is -2.36. The molecule has 2 aliphatic rings. The van der Waals surface area contributed by atoms with Gasteiger partial charge in [-0.3, -0.25) is 0 Å². The fourth-order valence-electron chi connectivity index (χ4n) is 3.66. The molecule has 0 saturated heterocycles. The molecule has 0 spiro atoms. The first-order valence-electron chi connectivity index (χ1n) is 8.33. The Labute approximate surface area is 119 Å². The predicted molar refractivity (Wildman–Crippen MR) is 81.4 cm³/mol. The number of hydrogen-bond donors (Lipinski definition) is 1. The summed E-state index contributed by atoms with van der Waals surface area (Å²) in [6.07, 6.45) is 11.1. The van der Waals surface area contributed by atoms with E-state index in [2.05, 4.69) is 19.2 Å². The molecule has 2 fully saturated rings. The molecule has 0 aromatic carbocycles. The Morgan fingerprint density at radius 2 is 1.89 bits per heavy atom. The molecule has 2 rings (SSSR count). The van der Waals surface area contributed by atoms with Crippen molar-refractivity contribution >= 4 is 0 Å². The molecule has 2 saturated carbocycles. The van der Waals surface area contributed by atoms with Crippen LogP contribution in [0.5, 0.6) is 0 Å². The minimum absolute atomic E-state index is 0.571. The van der Waals surface area contributed by atoms with E-state index in [1.807, 2.05) is 7.11 Å². The van der Waals surface area contributed by atoms with Crippen LogP contribution in [-0.4, -0.2) is 26.3 Å². The van der Waals surface area contributed by atoms with Crippen LogP contribution in [0.1, 0.15) is 65.2 Å². The quantitative estimate of drug-likeness (QED) is 0.671. The lowest BCUT2D eigenvalue weighted by Gasteiger charge is -2.41. The Kier molecular flexibility index (Phi) is 5.70. The van der Waals surface area contributed by atoms with Crippen molar-refractivity contribution in [1.29, 1.82) is 0 Å². The van der Waals surface area contributed by atoms with Crippen molar-refractivity contribution in [2.24, 2.45) is 17.3 Å². The lowest BCUT2D eigenvalue weighted by molar-refractivity contribution is 0.104. The maximum Gasteiger partial charge on any atom is 0.0462 e. The van der Waals surface area contributed by atoms with Gasteiger partial charge in [-0.1, -0.05) is 26.7 Å². The normalized spacial score (nSPS) is 30.5. The second-order valence-corrected chi connectivity index (χ2v) is 7.60. The highest BCUT2D eigenvalue weighted by molar-refractivity contribution is 4.88. The summed E-state index contributed by atoms with van der Waals surface area (Å²) < 4.78 is 5.17. The number of methoxy groups -OCH3 is 1. The fourth-order valence-corrected chi connectivity index (χ4v) is 3.66. The van der Waals surface area contributed by atoms with Crippen molar-refractivity contribution in [3.05, 3.63) is 0 Å². The van der Waals surface area contributed by atoms with Crippen molar-refractivity contribution in [1.82, 2.24) is 5.32 Å². The van der Waals surface area contributed by atoms with Crippen molar-refractivity contribution in [2.75, 3.05) is 20.3 Å². The van der Waals surface area contributed by atoms with E-state index in [0.717, 1.165) is 24.5 Å². The molecule has 0 radical (unpaired) electrons. The summed E-state index contributed by atoms with van der Waals surface area (Å²) in [5.41, 5.74) is 0.571. The smallest absolute Gasteiger partial charge is 0.0462 e. The maximum absolute atomic E-state index is 5.17. The van der Waals surface area contributed by atoms with E-state index in [1.165, 1.54) is 57.9 Å². The number of hydrogen-bond acceptors (Lipinski definition) is 2. The molecule has 2 atom stereocenters. The van der Waals surface area contributed by atoms with Gasteiger partial charge in [-0.15, -0.1) is 0 Å². The third kappa shape index (κ3) is 5.43. The van der Waals surface area contributed by atoms with Crippen LogP contribution in [0, 0.1) is 17.3 Å². The van der Waals surface area contributed by atoms with Crippen LogP contribution in [-0.2, 0) is 4.74 Å². The fraction of sp³-hybridized carbons (Fsp3) is 1.00. The van der Waals surface area contributed by atoms with Gasteiger partial charge in [-0.25, -0.2) is 0 Å². The molecular formula is C17H33NO. The SMILES string of the molecule is COCCCCC1CC(C)(C)CCC1CNC1CC1. The molecule has 0 aromatic rings. The molecule has 19 heavy (non-hydrogen) atoms. The van der Waals surface area contributed by atoms with Gasteiger partial charge in [-0.05, 0) is 62.3 Å². The number of ether oxygens (including phenoxy) is 1. The van der Waals surface area contributed by atoms with Gasteiger partial charge in [0.15, 0.2) is 0 Å². The predicted octanol–water partition coefficient (Wildman–Crippen LogP) is 4.00. The minimum atomic E-state index is 0.571. The highest BCUT2D eigenvalue weighted by atomic mass is 16.5. The zero-order valence-corrected chi connectivity index (χ0v) is 13.2. The van der Waals surface area contributed by atoms with E-state index in [1.54, 1.807) is 0 Å². The second-order valence-electron chi connectivity index (χ2n) is 7.60. The zero-order chi connectivity index (χ0) is 13.7. The van der Waals surface area contributed by atoms with Crippen LogP contribution in [0.3, 0.4) is 0 Å². The molecule has 2 nitrogen and oxygen atoms in total. The summed E-state index contributed by atoms with van der Waals surface area (Å²) in [5, 5.41) is 3.76. The van der Waals surface area contributed by atoms with Gasteiger partial charge in [0.25, 0.3) is 0 Å². The molecule has 0 aliphatic heterocycles. The van der Waals surface area contributed by atoms with Crippen LogP contribution < -0.4 is 5.32 Å². The van der Waals surface area contributed by atoms with E-state index in [0.29, 0.717) is 5.41 Å². The summed E-state index contributed by atoms with van der Waals surface area (Å²) in [4.78, 5) is 0. The highest BCUT2D eigenvalue weighted by Crippen LogP contribution is 2.43. The highest BCUT2D eigenvalue weighted by Gasteiger charge is 2.35. The van der Waals surface area contributed by atoms with E-state index in [9.17, 15) is 0 Å². The first kappa shape index (κ1) is 15.3. The van der Waals surface area contributed by atoms with Crippen molar-refractivity contribution in [3.8, 4) is 0 Å². The number of nitrogens with one attached hydrogen (secondary N) is 1. The second kappa shape index (κ2) is 7.08. The molecule has 2 aliphatic carbocycles. The molecular weight excluding hydrogens is 234 g/mol. The first-order valence-corrected chi connectivity index (χ1v) is 8.33. The summed E-state index contributed by atoms with van der Waals surface area (Å²) >= 11 is 0. The lowest BCUT2D eigenvalue weighted by atomic mass is 9.66. The monoisotopic (exact) mass is 267 g/mol. The van der Waals surface area contributed by atoms with Gasteiger partial charge >= 0.3 is 0 Å². The van der Waals surface area contributed by atoms with E-state index >= 15 is 0 Å². The van der Waals surface area contributed by atoms with Crippen LogP contribution in [0.25, 0.3) is 0 Å². The van der Waals surface area contributed by atoms with Crippen LogP contribution in [0.4, 0.5) is 0 Å². The van der Waals surface area contributed by atoms with Gasteiger partial charge in [0, 0.05) is 19.8 Å². The van der Waals surface area contributed by atoms with Crippen molar-refractivity contribution < 1.29 is 4.74 Å². The Bertz CT molecular complexity index is 258. The van der Waals surface area contributed by atoms with Crippen molar-refractivity contribution in [2.45, 2.75) is 71.3 Å². The average molecular weight is 267 g/mol. The van der Waals surface area contributed by atoms with E-state index in [4.69, 9.17) is 4.74 Å². The third-order valence-electron chi connectivity index (χ3n) is 5.09. The molecule has 112 valence electrons. The molecule has 0 amide bonds. The Balaban J connectivity index is 1.76. The topological polar surface area (TPSA) is 21.3 Å². The number of rotatable bonds is 8. The molecule has 0 heterocycles. The van der Waals surface area contributed by atoms with Gasteiger partial charge in [0.2, 0.25) is 0 Å². The van der Waals surface area contributed by atoms with Crippen molar-refractivity contribution in [3.63, 3.8) is 0 Å². The Hall–Kier alpha value is -0.0800. The van der Waals surface area contributed by atoms with Gasteiger partial charge in [0.1, 0.15) is 0 Å². The maximum atomic E-state index is 5.17. The molecule has 2 unspecified atom stereocenters. The van der Waals surface area contributed by atoms with Crippen LogP contribution in [0.2, 0.25) is 0 Å². The zero-order valence-electron chi connectivity index (χ0n) is 13.2. The first-order chi connectivity index (χ1) is 9.11. The average Bonchev–Trinajstić information content (AvgIpc) is 3.17. The Morgan fingerprint density at radius 1 is 1.11 bits per heavy atom. The standard InChI is InChI=1S/C17H33NO/c1-17(2)10-9-15(13-18-16-7-8-16)14(12-17)6-4-5-11-19-3/h14-16,18H,4-13H2,1-3H3. The van der Waals surface area contributed by atoms with Gasteiger partial charge in [-0.2, -0.15) is 0 Å². The molecule has 0 aromatic heterocycles. The third-order valence-corrected chi connectivity index (χ3v) is 5.09. The van der Waals surface area contributed by atoms with Gasteiger partial charge in [0.05, 0.1) is 0 Å². The summed E-state index contributed by atoms with van der Waals surface area (Å²) in [6, 6.07) is 0.865. The van der Waals surface area contributed by atoms with E-state index < -0.39 is 0 Å². The molecule has 2 heteroatoms. The summed E-state index contributed by atoms with van der Waals surface area (Å²) in [7, 11) is 1.81.